The summed E-state index contributed by atoms with van der Waals surface area (Å²) in [7, 11) is 0. The molecule has 58 heavy (non-hydrogen) atoms. The molecule has 1 aliphatic rings. The second kappa shape index (κ2) is 18.0. The van der Waals surface area contributed by atoms with E-state index in [1.54, 1.807) is 11.3 Å². The van der Waals surface area contributed by atoms with Gasteiger partial charge in [-0.2, -0.15) is 0 Å². The minimum atomic E-state index is -0.313. The third kappa shape index (κ3) is 8.54. The molecule has 0 unspecified atom stereocenters. The Hall–Kier alpha value is -3.58. The second-order valence-corrected chi connectivity index (χ2v) is 21.7. The van der Waals surface area contributed by atoms with Crippen LogP contribution >= 0.6 is 34.0 Å². The van der Waals surface area contributed by atoms with E-state index >= 15 is 0 Å². The molecule has 306 valence electrons. The van der Waals surface area contributed by atoms with Crippen LogP contribution in [0.3, 0.4) is 0 Å². The molecule has 1 aliphatic heterocycles. The minimum absolute atomic E-state index is 0.0793. The van der Waals surface area contributed by atoms with Crippen LogP contribution in [0.25, 0.3) is 41.1 Å². The van der Waals surface area contributed by atoms with Crippen molar-refractivity contribution in [2.75, 3.05) is 4.90 Å². The van der Waals surface area contributed by atoms with E-state index in [0.717, 1.165) is 38.6 Å². The molecule has 0 aliphatic carbocycles. The number of benzene rings is 3. The molecule has 0 radical (unpaired) electrons. The lowest BCUT2D eigenvalue weighted by molar-refractivity contribution is 0.0925. The highest BCUT2D eigenvalue weighted by Crippen LogP contribution is 2.52. The van der Waals surface area contributed by atoms with Gasteiger partial charge in [0.05, 0.1) is 21.7 Å². The SMILES string of the molecule is CCCCCCCCc1c2cc(C(C)(C)C)sc2c(CCCCCCCC)c2cc(-c3sc(C(C)(C)C)c4c3C(=O)N(c3ccccc3-c3ccccc3)C4=O)sc12. The number of unbranched alkanes of at least 4 members (excludes halogenated alkanes) is 10. The number of nitrogens with zero attached hydrogens (tertiary/aromatic N) is 1. The molecular weight excluding hydrogens is 767 g/mol. The van der Waals surface area contributed by atoms with Crippen molar-refractivity contribution in [3.05, 3.63) is 98.7 Å². The van der Waals surface area contributed by atoms with Crippen molar-refractivity contribution in [3.63, 3.8) is 0 Å². The molecule has 0 bridgehead atoms. The summed E-state index contributed by atoms with van der Waals surface area (Å²) in [6.07, 6.45) is 17.4. The largest absolute Gasteiger partial charge is 0.268 e. The number of hydrogen-bond acceptors (Lipinski definition) is 5. The van der Waals surface area contributed by atoms with Gasteiger partial charge < -0.3 is 0 Å². The Bertz CT molecular complexity index is 2320. The van der Waals surface area contributed by atoms with Gasteiger partial charge in [-0.3, -0.25) is 9.59 Å². The minimum Gasteiger partial charge on any atom is -0.268 e. The van der Waals surface area contributed by atoms with Crippen LogP contribution in [0.1, 0.15) is 174 Å². The molecule has 4 heterocycles. The second-order valence-electron chi connectivity index (χ2n) is 18.5. The van der Waals surface area contributed by atoms with Crippen molar-refractivity contribution in [2.45, 2.75) is 156 Å². The van der Waals surface area contributed by atoms with Gasteiger partial charge in [-0.05, 0) is 82.2 Å². The molecule has 2 amide bonds. The van der Waals surface area contributed by atoms with E-state index in [1.807, 2.05) is 77.3 Å². The summed E-state index contributed by atoms with van der Waals surface area (Å²) in [5.74, 6) is -0.419. The fourth-order valence-corrected chi connectivity index (χ4v) is 12.7. The van der Waals surface area contributed by atoms with Gasteiger partial charge in [-0.1, -0.05) is 168 Å². The molecule has 0 saturated heterocycles. The smallest absolute Gasteiger partial charge is 0.267 e. The third-order valence-electron chi connectivity index (χ3n) is 11.8. The molecule has 3 nitrogen and oxygen atoms in total. The lowest BCUT2D eigenvalue weighted by Crippen LogP contribution is -2.31. The lowest BCUT2D eigenvalue weighted by Gasteiger charge is -2.21. The van der Waals surface area contributed by atoms with Gasteiger partial charge in [0, 0.05) is 29.6 Å². The van der Waals surface area contributed by atoms with Crippen molar-refractivity contribution in [2.24, 2.45) is 0 Å². The van der Waals surface area contributed by atoms with E-state index in [0.29, 0.717) is 16.8 Å². The van der Waals surface area contributed by atoms with Gasteiger partial charge in [-0.25, -0.2) is 4.90 Å². The summed E-state index contributed by atoms with van der Waals surface area (Å²) in [4.78, 5) is 35.7. The topological polar surface area (TPSA) is 37.4 Å². The molecule has 0 N–H and O–H groups in total. The fraction of sp³-hybridized carbons (Fsp3) is 0.462. The molecule has 3 aromatic carbocycles. The number of hydrogen-bond donors (Lipinski definition) is 0. The van der Waals surface area contributed by atoms with E-state index in [4.69, 9.17) is 0 Å². The quantitative estimate of drug-likeness (QED) is 0.0678. The normalized spacial score (nSPS) is 13.5. The Morgan fingerprint density at radius 3 is 1.69 bits per heavy atom. The molecule has 6 aromatic rings. The van der Waals surface area contributed by atoms with Crippen LogP contribution in [-0.4, -0.2) is 11.8 Å². The number of rotatable bonds is 17. The van der Waals surface area contributed by atoms with Gasteiger partial charge in [0.2, 0.25) is 0 Å². The number of imide groups is 1. The van der Waals surface area contributed by atoms with Gasteiger partial charge in [-0.15, -0.1) is 34.0 Å². The molecule has 0 saturated carbocycles. The highest BCUT2D eigenvalue weighted by molar-refractivity contribution is 7.27. The van der Waals surface area contributed by atoms with Gasteiger partial charge in [0.1, 0.15) is 0 Å². The van der Waals surface area contributed by atoms with Crippen molar-refractivity contribution >= 4 is 71.7 Å². The number of amides is 2. The number of carbonyl (C=O) groups excluding carboxylic acids is 2. The molecule has 0 atom stereocenters. The highest BCUT2D eigenvalue weighted by Gasteiger charge is 2.45. The van der Waals surface area contributed by atoms with Crippen molar-refractivity contribution in [1.82, 2.24) is 0 Å². The average molecular weight is 830 g/mol. The summed E-state index contributed by atoms with van der Waals surface area (Å²) >= 11 is 5.55. The number of para-hydroxylation sites is 1. The fourth-order valence-electron chi connectivity index (χ4n) is 8.67. The zero-order chi connectivity index (χ0) is 41.2. The number of thiophene rings is 3. The van der Waals surface area contributed by atoms with E-state index in [9.17, 15) is 9.59 Å². The van der Waals surface area contributed by atoms with Crippen LogP contribution < -0.4 is 4.90 Å². The van der Waals surface area contributed by atoms with Crippen molar-refractivity contribution in [3.8, 4) is 20.9 Å². The first-order valence-electron chi connectivity index (χ1n) is 22.1. The van der Waals surface area contributed by atoms with Gasteiger partial charge in [0.25, 0.3) is 11.8 Å². The number of fused-ring (bicyclic) bond motifs is 3. The molecule has 6 heteroatoms. The molecular formula is C52H63NO2S3. The summed E-state index contributed by atoms with van der Waals surface area (Å²) in [6.45, 7) is 18.1. The maximum Gasteiger partial charge on any atom is 0.267 e. The van der Waals surface area contributed by atoms with E-state index in [-0.39, 0.29) is 22.6 Å². The number of anilines is 1. The van der Waals surface area contributed by atoms with Crippen molar-refractivity contribution < 1.29 is 9.59 Å². The summed E-state index contributed by atoms with van der Waals surface area (Å²) < 4.78 is 2.86. The molecule has 3 aromatic heterocycles. The zero-order valence-corrected chi connectivity index (χ0v) is 38.7. The summed E-state index contributed by atoms with van der Waals surface area (Å²) in [5, 5.41) is 2.82. The number of carbonyl (C=O) groups is 2. The van der Waals surface area contributed by atoms with Crippen LogP contribution in [0.4, 0.5) is 5.69 Å². The first-order chi connectivity index (χ1) is 27.8. The monoisotopic (exact) mass is 829 g/mol. The standard InChI is InChI=1S/C52H63NO2S3/c1-9-11-13-15-17-22-29-36-38-32-41(56-45(38)37(30-23-18-16-14-12-10-2)39-33-42(51(3,4)5)57-46(36)39)47-43-44(48(58-47)52(6,7)8)50(55)53(49(43)54)40-31-25-24-28-35(40)34-26-20-19-21-27-34/h19-21,24-28,31-33H,9-18,22-23,29-30H2,1-8H3. The van der Waals surface area contributed by atoms with E-state index in [2.05, 4.69) is 67.5 Å². The van der Waals surface area contributed by atoms with E-state index < -0.39 is 0 Å². The first-order valence-corrected chi connectivity index (χ1v) is 24.5. The van der Waals surface area contributed by atoms with Gasteiger partial charge >= 0.3 is 0 Å². The Morgan fingerprint density at radius 2 is 1.09 bits per heavy atom. The highest BCUT2D eigenvalue weighted by atomic mass is 32.1. The van der Waals surface area contributed by atoms with Crippen LogP contribution in [0.15, 0.2) is 66.7 Å². The third-order valence-corrected chi connectivity index (χ3v) is 16.5. The maximum atomic E-state index is 15.0. The van der Waals surface area contributed by atoms with Crippen LogP contribution in [0.5, 0.6) is 0 Å². The van der Waals surface area contributed by atoms with Crippen LogP contribution in [-0.2, 0) is 23.7 Å². The lowest BCUT2D eigenvalue weighted by atomic mass is 9.90. The molecule has 0 fully saturated rings. The summed E-state index contributed by atoms with van der Waals surface area (Å²) in [6, 6.07) is 22.9. The Kier molecular flexibility index (Phi) is 13.2. The Balaban J connectivity index is 1.39. The Morgan fingerprint density at radius 1 is 0.552 bits per heavy atom. The van der Waals surface area contributed by atoms with Crippen molar-refractivity contribution in [1.29, 1.82) is 0 Å². The zero-order valence-electron chi connectivity index (χ0n) is 36.2. The molecule has 7 rings (SSSR count). The predicted molar refractivity (Wildman–Crippen MR) is 255 cm³/mol. The predicted octanol–water partition coefficient (Wildman–Crippen LogP) is 16.7. The number of aryl methyl sites for hydroxylation is 2. The van der Waals surface area contributed by atoms with Crippen LogP contribution in [0, 0.1) is 0 Å². The molecule has 0 spiro atoms. The first kappa shape index (κ1) is 42.5. The van der Waals surface area contributed by atoms with E-state index in [1.165, 1.54) is 118 Å². The average Bonchev–Trinajstić information content (AvgIpc) is 3.98. The summed E-state index contributed by atoms with van der Waals surface area (Å²) in [5.41, 5.74) is 6.42. The van der Waals surface area contributed by atoms with Crippen LogP contribution in [0.2, 0.25) is 0 Å². The van der Waals surface area contributed by atoms with Gasteiger partial charge in [0.15, 0.2) is 0 Å². The maximum absolute atomic E-state index is 15.0. The Labute approximate surface area is 359 Å².